The second-order valence-electron chi connectivity index (χ2n) is 9.97. The van der Waals surface area contributed by atoms with Crippen LogP contribution in [0, 0.1) is 17.6 Å². The molecule has 4 aromatic rings. The average molecular weight is 583 g/mol. The van der Waals surface area contributed by atoms with Crippen molar-refractivity contribution < 1.29 is 27.8 Å². The van der Waals surface area contributed by atoms with E-state index < -0.39 is 17.7 Å². The molecular weight excluding hydrogens is 550 g/mol. The molecule has 222 valence electrons. The highest BCUT2D eigenvalue weighted by atomic mass is 19.1. The molecule has 1 aromatic carbocycles. The van der Waals surface area contributed by atoms with Gasteiger partial charge < -0.3 is 35.5 Å². The van der Waals surface area contributed by atoms with E-state index >= 15 is 8.78 Å². The summed E-state index contributed by atoms with van der Waals surface area (Å²) >= 11 is 0. The number of alkyl carbamates (subject to hydrolysis) is 1. The number of aromatic nitrogens is 4. The van der Waals surface area contributed by atoms with Gasteiger partial charge in [-0.25, -0.2) is 18.6 Å². The van der Waals surface area contributed by atoms with Crippen LogP contribution in [-0.2, 0) is 9.47 Å². The smallest absolute Gasteiger partial charge is 0.407 e. The van der Waals surface area contributed by atoms with Crippen molar-refractivity contribution >= 4 is 28.9 Å². The van der Waals surface area contributed by atoms with Gasteiger partial charge in [0.2, 0.25) is 5.95 Å². The van der Waals surface area contributed by atoms with Crippen LogP contribution < -0.4 is 26.0 Å². The maximum atomic E-state index is 15.0. The SMILES string of the molecule is COCCOc1cc(F)c(-c2ccc3cnc(Nc4cnccc4N4CC(C)C(NC(=O)OC)C(N)C4)n3n2)c(F)c1. The number of nitrogens with one attached hydrogen (secondary N) is 2. The zero-order chi connectivity index (χ0) is 29.8. The van der Waals surface area contributed by atoms with Gasteiger partial charge in [0, 0.05) is 44.6 Å². The van der Waals surface area contributed by atoms with Crippen LogP contribution in [0.2, 0.25) is 0 Å². The first-order valence-electron chi connectivity index (χ1n) is 13.3. The molecule has 1 amide bonds. The summed E-state index contributed by atoms with van der Waals surface area (Å²) in [4.78, 5) is 22.6. The van der Waals surface area contributed by atoms with Crippen molar-refractivity contribution in [3.05, 3.63) is 60.6 Å². The van der Waals surface area contributed by atoms with Crippen molar-refractivity contribution in [1.82, 2.24) is 24.9 Å². The van der Waals surface area contributed by atoms with Crippen LogP contribution in [0.1, 0.15) is 6.92 Å². The highest BCUT2D eigenvalue weighted by Gasteiger charge is 2.34. The maximum absolute atomic E-state index is 15.0. The van der Waals surface area contributed by atoms with Crippen molar-refractivity contribution in [2.75, 3.05) is 50.7 Å². The number of carbonyl (C=O) groups excluding carboxylic acids is 1. The fourth-order valence-corrected chi connectivity index (χ4v) is 5.07. The number of nitrogens with zero attached hydrogens (tertiary/aromatic N) is 5. The number of fused-ring (bicyclic) bond motifs is 1. The molecule has 1 aliphatic rings. The number of benzene rings is 1. The minimum Gasteiger partial charge on any atom is -0.491 e. The van der Waals surface area contributed by atoms with Crippen LogP contribution in [0.3, 0.4) is 0 Å². The molecule has 0 radical (unpaired) electrons. The Balaban J connectivity index is 1.40. The van der Waals surface area contributed by atoms with Crippen molar-refractivity contribution in [3.63, 3.8) is 0 Å². The summed E-state index contributed by atoms with van der Waals surface area (Å²) in [6, 6.07) is 6.68. The number of carbonyl (C=O) groups is 1. The molecule has 14 heteroatoms. The Hall–Kier alpha value is -4.56. The molecule has 1 fully saturated rings. The summed E-state index contributed by atoms with van der Waals surface area (Å²) < 4.78 is 46.5. The van der Waals surface area contributed by atoms with Crippen molar-refractivity contribution in [1.29, 1.82) is 0 Å². The van der Waals surface area contributed by atoms with E-state index in [1.54, 1.807) is 24.7 Å². The van der Waals surface area contributed by atoms with Crippen molar-refractivity contribution in [2.24, 2.45) is 11.7 Å². The zero-order valence-corrected chi connectivity index (χ0v) is 23.4. The van der Waals surface area contributed by atoms with E-state index in [0.29, 0.717) is 30.2 Å². The van der Waals surface area contributed by atoms with E-state index in [2.05, 4.69) is 30.6 Å². The molecule has 4 heterocycles. The fourth-order valence-electron chi connectivity index (χ4n) is 5.07. The van der Waals surface area contributed by atoms with Gasteiger partial charge in [-0.05, 0) is 24.1 Å². The number of halogens is 2. The molecule has 0 bridgehead atoms. The number of rotatable bonds is 9. The van der Waals surface area contributed by atoms with Gasteiger partial charge in [0.1, 0.15) is 24.0 Å². The third-order valence-corrected chi connectivity index (χ3v) is 7.08. The predicted molar refractivity (Wildman–Crippen MR) is 152 cm³/mol. The molecule has 1 aliphatic heterocycles. The molecule has 3 unspecified atom stereocenters. The molecule has 5 rings (SSSR count). The molecule has 3 aromatic heterocycles. The number of anilines is 3. The summed E-state index contributed by atoms with van der Waals surface area (Å²) in [5.74, 6) is -1.23. The third kappa shape index (κ3) is 6.04. The van der Waals surface area contributed by atoms with Crippen LogP contribution in [0.5, 0.6) is 5.75 Å². The number of imidazole rings is 1. The molecule has 0 aliphatic carbocycles. The molecule has 3 atom stereocenters. The van der Waals surface area contributed by atoms with E-state index in [-0.39, 0.29) is 48.2 Å². The monoisotopic (exact) mass is 582 g/mol. The van der Waals surface area contributed by atoms with Crippen LogP contribution in [-0.4, -0.2) is 78.3 Å². The van der Waals surface area contributed by atoms with Gasteiger partial charge >= 0.3 is 6.09 Å². The largest absolute Gasteiger partial charge is 0.491 e. The topological polar surface area (TPSA) is 141 Å². The second kappa shape index (κ2) is 12.5. The first-order chi connectivity index (χ1) is 20.3. The second-order valence-corrected chi connectivity index (χ2v) is 9.97. The van der Waals surface area contributed by atoms with Gasteiger partial charge in [-0.3, -0.25) is 4.98 Å². The Kier molecular flexibility index (Phi) is 8.64. The average Bonchev–Trinajstić information content (AvgIpc) is 3.36. The van der Waals surface area contributed by atoms with Crippen molar-refractivity contribution in [2.45, 2.75) is 19.0 Å². The maximum Gasteiger partial charge on any atom is 0.407 e. The number of pyridine rings is 1. The van der Waals surface area contributed by atoms with Gasteiger partial charge in [-0.1, -0.05) is 6.92 Å². The third-order valence-electron chi connectivity index (χ3n) is 7.08. The van der Waals surface area contributed by atoms with Gasteiger partial charge in [0.05, 0.1) is 60.3 Å². The Bertz CT molecular complexity index is 1530. The van der Waals surface area contributed by atoms with E-state index in [1.807, 2.05) is 13.0 Å². The normalized spacial score (nSPS) is 18.6. The quantitative estimate of drug-likeness (QED) is 0.252. The Morgan fingerprint density at radius 1 is 1.12 bits per heavy atom. The number of hydrogen-bond acceptors (Lipinski definition) is 10. The van der Waals surface area contributed by atoms with Crippen molar-refractivity contribution in [3.8, 4) is 17.0 Å². The van der Waals surface area contributed by atoms with E-state index in [4.69, 9.17) is 19.9 Å². The highest BCUT2D eigenvalue weighted by molar-refractivity contribution is 5.74. The summed E-state index contributed by atoms with van der Waals surface area (Å²) in [6.45, 7) is 3.52. The van der Waals surface area contributed by atoms with E-state index in [1.165, 1.54) is 24.8 Å². The lowest BCUT2D eigenvalue weighted by molar-refractivity contribution is 0.146. The molecule has 4 N–H and O–H groups in total. The molecule has 1 saturated heterocycles. The van der Waals surface area contributed by atoms with Gasteiger partial charge in [0.15, 0.2) is 0 Å². The number of nitrogens with two attached hydrogens (primary N) is 1. The number of methoxy groups -OCH3 is 2. The summed E-state index contributed by atoms with van der Waals surface area (Å²) in [7, 11) is 2.82. The highest BCUT2D eigenvalue weighted by Crippen LogP contribution is 2.32. The lowest BCUT2D eigenvalue weighted by Gasteiger charge is -2.42. The zero-order valence-electron chi connectivity index (χ0n) is 23.4. The minimum absolute atomic E-state index is 0.0203. The molecule has 0 saturated carbocycles. The first kappa shape index (κ1) is 29.0. The summed E-state index contributed by atoms with van der Waals surface area (Å²) in [5, 5.41) is 10.6. The molecule has 0 spiro atoms. The minimum atomic E-state index is -0.811. The summed E-state index contributed by atoms with van der Waals surface area (Å²) in [6.07, 6.45) is 4.39. The Morgan fingerprint density at radius 3 is 2.62 bits per heavy atom. The number of piperidine rings is 1. The lowest BCUT2D eigenvalue weighted by atomic mass is 9.90. The fraction of sp³-hybridized carbons (Fsp3) is 0.357. The molecular formula is C28H32F2N8O4. The number of hydrogen-bond donors (Lipinski definition) is 3. The van der Waals surface area contributed by atoms with Crippen LogP contribution in [0.25, 0.3) is 16.8 Å². The van der Waals surface area contributed by atoms with Crippen LogP contribution in [0.15, 0.2) is 48.9 Å². The molecule has 42 heavy (non-hydrogen) atoms. The molecule has 12 nitrogen and oxygen atoms in total. The van der Waals surface area contributed by atoms with Gasteiger partial charge in [0.25, 0.3) is 0 Å². The van der Waals surface area contributed by atoms with Crippen LogP contribution in [0.4, 0.5) is 30.9 Å². The standard InChI is InChI=1S/C28H32F2N8O4/c1-16-14-37(15-21(31)26(16)35-28(39)41-3)24-6-7-32-13-23(24)34-27-33-12-17-4-5-22(36-38(17)27)25-19(29)10-18(11-20(25)30)42-9-8-40-2/h4-7,10-13,16,21,26H,8-9,14-15,31H2,1-3H3,(H,33,34)(H,35,39). The Morgan fingerprint density at radius 2 is 1.90 bits per heavy atom. The van der Waals surface area contributed by atoms with E-state index in [0.717, 1.165) is 17.8 Å². The van der Waals surface area contributed by atoms with Gasteiger partial charge in [-0.2, -0.15) is 9.61 Å². The lowest BCUT2D eigenvalue weighted by Crippen LogP contribution is -2.62. The Labute approximate surface area is 240 Å². The number of amides is 1. The van der Waals surface area contributed by atoms with Crippen LogP contribution >= 0.6 is 0 Å². The predicted octanol–water partition coefficient (Wildman–Crippen LogP) is 3.35. The summed E-state index contributed by atoms with van der Waals surface area (Å²) in [5.41, 5.74) is 8.29. The first-order valence-corrected chi connectivity index (χ1v) is 13.3. The number of ether oxygens (including phenoxy) is 3. The van der Waals surface area contributed by atoms with E-state index in [9.17, 15) is 4.79 Å². The van der Waals surface area contributed by atoms with Gasteiger partial charge in [-0.15, -0.1) is 0 Å².